The number of carbonyl (C=O) groups excluding carboxylic acids is 1. The van der Waals surface area contributed by atoms with Crippen molar-refractivity contribution in [2.24, 2.45) is 0 Å². The molecule has 0 atom stereocenters. The molecule has 0 aliphatic carbocycles. The second-order valence-corrected chi connectivity index (χ2v) is 5.15. The highest BCUT2D eigenvalue weighted by atomic mass is 35.5. The van der Waals surface area contributed by atoms with Crippen LogP contribution < -0.4 is 4.74 Å². The van der Waals surface area contributed by atoms with E-state index in [1.54, 1.807) is 12.1 Å². The van der Waals surface area contributed by atoms with Crippen LogP contribution in [-0.4, -0.2) is 30.1 Å². The third-order valence-corrected chi connectivity index (χ3v) is 3.59. The van der Waals surface area contributed by atoms with Crippen molar-refractivity contribution in [1.82, 2.24) is 4.90 Å². The number of carbonyl (C=O) groups is 1. The number of nitrogens with zero attached hydrogens (tertiary/aromatic N) is 1. The van der Waals surface area contributed by atoms with E-state index in [1.165, 1.54) is 43.3 Å². The molecule has 0 bridgehead atoms. The first-order valence-corrected chi connectivity index (χ1v) is 6.87. The van der Waals surface area contributed by atoms with Gasteiger partial charge in [0.05, 0.1) is 12.7 Å². The summed E-state index contributed by atoms with van der Waals surface area (Å²) in [6.07, 6.45) is 0. The molecule has 0 saturated heterocycles. The summed E-state index contributed by atoms with van der Waals surface area (Å²) in [6, 6.07) is 8.70. The monoisotopic (exact) mass is 323 g/mol. The normalized spacial score (nSPS) is 10.4. The zero-order valence-corrected chi connectivity index (χ0v) is 12.9. The molecule has 2 aromatic carbocycles. The number of methoxy groups -OCH3 is 1. The average Bonchev–Trinajstić information content (AvgIpc) is 2.50. The number of ether oxygens (including phenoxy) is 1. The van der Waals surface area contributed by atoms with E-state index in [1.807, 2.05) is 0 Å². The molecule has 2 rings (SSSR count). The topological polar surface area (TPSA) is 49.8 Å². The summed E-state index contributed by atoms with van der Waals surface area (Å²) in [6.45, 7) is -0.00416. The van der Waals surface area contributed by atoms with E-state index in [4.69, 9.17) is 16.3 Å². The number of aromatic hydroxyl groups is 1. The highest BCUT2D eigenvalue weighted by Crippen LogP contribution is 2.26. The maximum absolute atomic E-state index is 13.8. The van der Waals surface area contributed by atoms with Gasteiger partial charge in [-0.05, 0) is 24.3 Å². The number of rotatable bonds is 4. The zero-order valence-electron chi connectivity index (χ0n) is 12.1. The van der Waals surface area contributed by atoms with Crippen LogP contribution >= 0.6 is 11.6 Å². The minimum atomic E-state index is -0.480. The minimum absolute atomic E-state index is 0.00416. The molecule has 0 heterocycles. The van der Waals surface area contributed by atoms with Crippen LogP contribution in [0.25, 0.3) is 0 Å². The van der Waals surface area contributed by atoms with E-state index in [0.29, 0.717) is 5.75 Å². The molecule has 22 heavy (non-hydrogen) atoms. The van der Waals surface area contributed by atoms with Gasteiger partial charge in [-0.3, -0.25) is 4.79 Å². The molecule has 1 amide bonds. The Morgan fingerprint density at radius 2 is 2.09 bits per heavy atom. The molecule has 2 aromatic rings. The molecule has 0 aromatic heterocycles. The van der Waals surface area contributed by atoms with Crippen LogP contribution in [0.2, 0.25) is 5.02 Å². The number of phenols is 1. The second kappa shape index (κ2) is 6.66. The Morgan fingerprint density at radius 1 is 1.36 bits per heavy atom. The second-order valence-electron chi connectivity index (χ2n) is 4.74. The van der Waals surface area contributed by atoms with Crippen LogP contribution in [0.4, 0.5) is 4.39 Å². The van der Waals surface area contributed by atoms with Gasteiger partial charge in [0, 0.05) is 30.2 Å². The Balaban J connectivity index is 2.23. The third-order valence-electron chi connectivity index (χ3n) is 3.24. The lowest BCUT2D eigenvalue weighted by Crippen LogP contribution is -2.26. The Bertz CT molecular complexity index is 686. The van der Waals surface area contributed by atoms with Crippen molar-refractivity contribution in [2.45, 2.75) is 6.54 Å². The fraction of sp³-hybridized carbons (Fsp3) is 0.188. The van der Waals surface area contributed by atoms with Gasteiger partial charge in [0.25, 0.3) is 5.91 Å². The van der Waals surface area contributed by atoms with Crippen molar-refractivity contribution in [3.05, 3.63) is 58.4 Å². The summed E-state index contributed by atoms with van der Waals surface area (Å²) < 4.78 is 18.7. The summed E-state index contributed by atoms with van der Waals surface area (Å²) in [7, 11) is 2.97. The maximum Gasteiger partial charge on any atom is 0.257 e. The standard InChI is InChI=1S/C16H15ClFNO3/c1-19(9-12-13(17)4-3-5-14(12)18)16(21)11-7-6-10(22-2)8-15(11)20/h3-8,20H,9H2,1-2H3. The third kappa shape index (κ3) is 3.31. The van der Waals surface area contributed by atoms with Crippen molar-refractivity contribution in [2.75, 3.05) is 14.2 Å². The van der Waals surface area contributed by atoms with Gasteiger partial charge in [0.2, 0.25) is 0 Å². The lowest BCUT2D eigenvalue weighted by molar-refractivity contribution is 0.0781. The molecule has 6 heteroatoms. The molecule has 4 nitrogen and oxygen atoms in total. The predicted molar refractivity (Wildman–Crippen MR) is 81.9 cm³/mol. The first-order valence-electron chi connectivity index (χ1n) is 6.49. The molecule has 0 spiro atoms. The lowest BCUT2D eigenvalue weighted by Gasteiger charge is -2.19. The van der Waals surface area contributed by atoms with E-state index < -0.39 is 11.7 Å². The Hall–Kier alpha value is -2.27. The smallest absolute Gasteiger partial charge is 0.257 e. The van der Waals surface area contributed by atoms with E-state index in [0.717, 1.165) is 0 Å². The minimum Gasteiger partial charge on any atom is -0.507 e. The SMILES string of the molecule is COc1ccc(C(=O)N(C)Cc2c(F)cccc2Cl)c(O)c1. The average molecular weight is 324 g/mol. The predicted octanol–water partition coefficient (Wildman–Crippen LogP) is 3.47. The van der Waals surface area contributed by atoms with E-state index in [-0.39, 0.29) is 28.4 Å². The van der Waals surface area contributed by atoms with Gasteiger partial charge < -0.3 is 14.7 Å². The van der Waals surface area contributed by atoms with Crippen LogP contribution in [0, 0.1) is 5.82 Å². The Morgan fingerprint density at radius 3 is 2.68 bits per heavy atom. The van der Waals surface area contributed by atoms with Gasteiger partial charge in [-0.1, -0.05) is 17.7 Å². The molecule has 1 N–H and O–H groups in total. The van der Waals surface area contributed by atoms with Crippen LogP contribution in [-0.2, 0) is 6.54 Å². The highest BCUT2D eigenvalue weighted by molar-refractivity contribution is 6.31. The van der Waals surface area contributed by atoms with Crippen molar-refractivity contribution in [3.63, 3.8) is 0 Å². The molecule has 0 fully saturated rings. The van der Waals surface area contributed by atoms with Gasteiger partial charge >= 0.3 is 0 Å². The van der Waals surface area contributed by atoms with E-state index in [9.17, 15) is 14.3 Å². The fourth-order valence-electron chi connectivity index (χ4n) is 2.02. The number of benzene rings is 2. The van der Waals surface area contributed by atoms with Crippen LogP contribution in [0.3, 0.4) is 0 Å². The number of phenolic OH excluding ortho intramolecular Hbond substituents is 1. The lowest BCUT2D eigenvalue weighted by atomic mass is 10.1. The van der Waals surface area contributed by atoms with Gasteiger partial charge in [-0.15, -0.1) is 0 Å². The zero-order chi connectivity index (χ0) is 16.3. The molecule has 0 aliphatic heterocycles. The first kappa shape index (κ1) is 16.1. The van der Waals surface area contributed by atoms with Crippen LogP contribution in [0.5, 0.6) is 11.5 Å². The summed E-state index contributed by atoms with van der Waals surface area (Å²) in [5.74, 6) is -0.685. The number of halogens is 2. The summed E-state index contributed by atoms with van der Waals surface area (Å²) >= 11 is 5.95. The van der Waals surface area contributed by atoms with Crippen molar-refractivity contribution >= 4 is 17.5 Å². The Labute approximate surface area is 132 Å². The molecule has 0 radical (unpaired) electrons. The summed E-state index contributed by atoms with van der Waals surface area (Å²) in [5.41, 5.74) is 0.337. The largest absolute Gasteiger partial charge is 0.507 e. The van der Waals surface area contributed by atoms with Crippen molar-refractivity contribution in [3.8, 4) is 11.5 Å². The van der Waals surface area contributed by atoms with Crippen LogP contribution in [0.15, 0.2) is 36.4 Å². The molecule has 0 aliphatic rings. The van der Waals surface area contributed by atoms with Gasteiger partial charge in [-0.2, -0.15) is 0 Å². The fourth-order valence-corrected chi connectivity index (χ4v) is 2.24. The van der Waals surface area contributed by atoms with Crippen LogP contribution in [0.1, 0.15) is 15.9 Å². The number of hydrogen-bond donors (Lipinski definition) is 1. The molecular weight excluding hydrogens is 309 g/mol. The summed E-state index contributed by atoms with van der Waals surface area (Å²) in [4.78, 5) is 13.6. The van der Waals surface area contributed by atoms with Gasteiger partial charge in [0.15, 0.2) is 0 Å². The molecule has 116 valence electrons. The highest BCUT2D eigenvalue weighted by Gasteiger charge is 2.19. The summed E-state index contributed by atoms with van der Waals surface area (Å²) in [5, 5.41) is 10.1. The van der Waals surface area contributed by atoms with E-state index in [2.05, 4.69) is 0 Å². The quantitative estimate of drug-likeness (QED) is 0.937. The molecule has 0 unspecified atom stereocenters. The van der Waals surface area contributed by atoms with Crippen molar-refractivity contribution < 1.29 is 19.0 Å². The molecule has 0 saturated carbocycles. The maximum atomic E-state index is 13.8. The van der Waals surface area contributed by atoms with Gasteiger partial charge in [0.1, 0.15) is 17.3 Å². The molecular formula is C16H15ClFNO3. The van der Waals surface area contributed by atoms with E-state index >= 15 is 0 Å². The first-order chi connectivity index (χ1) is 10.4. The number of amides is 1. The van der Waals surface area contributed by atoms with Crippen molar-refractivity contribution in [1.29, 1.82) is 0 Å². The number of hydrogen-bond acceptors (Lipinski definition) is 3. The Kier molecular flexibility index (Phi) is 4.88. The van der Waals surface area contributed by atoms with Gasteiger partial charge in [-0.25, -0.2) is 4.39 Å².